The second-order valence-electron chi connectivity index (χ2n) is 7.03. The Labute approximate surface area is 199 Å². The van der Waals surface area contributed by atoms with E-state index >= 15 is 0 Å². The first-order valence-electron chi connectivity index (χ1n) is 9.71. The van der Waals surface area contributed by atoms with Crippen molar-refractivity contribution in [2.75, 3.05) is 58.8 Å². The van der Waals surface area contributed by atoms with E-state index in [4.69, 9.17) is 4.74 Å². The molecule has 30 heavy (non-hydrogen) atoms. The number of hydrogen-bond donors (Lipinski definition) is 1. The number of halogens is 1. The van der Waals surface area contributed by atoms with Crippen LogP contribution in [0.15, 0.2) is 46.8 Å². The lowest BCUT2D eigenvalue weighted by Crippen LogP contribution is -2.52. The summed E-state index contributed by atoms with van der Waals surface area (Å²) in [5.41, 5.74) is 1.19. The minimum atomic E-state index is -0.00251. The number of carbonyl (C=O) groups is 1. The highest BCUT2D eigenvalue weighted by Gasteiger charge is 2.20. The molecular weight excluding hydrogens is 513 g/mol. The predicted octanol–water partition coefficient (Wildman–Crippen LogP) is 2.73. The minimum absolute atomic E-state index is 0. The Morgan fingerprint density at radius 1 is 1.17 bits per heavy atom. The van der Waals surface area contributed by atoms with Crippen molar-refractivity contribution in [1.29, 1.82) is 0 Å². The normalized spacial score (nSPS) is 14.2. The maximum Gasteiger partial charge on any atom is 0.243 e. The number of thiophene rings is 1. The summed E-state index contributed by atoms with van der Waals surface area (Å²) in [5.74, 6) is 1.66. The van der Waals surface area contributed by atoms with Crippen LogP contribution in [0.25, 0.3) is 0 Å². The molecule has 0 radical (unpaired) electrons. The topological polar surface area (TPSA) is 60.4 Å². The maximum atomic E-state index is 12.0. The van der Waals surface area contributed by atoms with E-state index in [9.17, 15) is 4.79 Å². The second-order valence-corrected chi connectivity index (χ2v) is 8.07. The first-order chi connectivity index (χ1) is 14.1. The highest BCUT2D eigenvalue weighted by Crippen LogP contribution is 2.20. The van der Waals surface area contributed by atoms with Crippen molar-refractivity contribution in [1.82, 2.24) is 15.1 Å². The van der Waals surface area contributed by atoms with E-state index in [0.29, 0.717) is 6.54 Å². The lowest BCUT2D eigenvalue weighted by atomic mass is 10.2. The number of piperazine rings is 1. The van der Waals surface area contributed by atoms with Gasteiger partial charge in [-0.3, -0.25) is 4.79 Å². The second kappa shape index (κ2) is 12.0. The molecule has 9 heteroatoms. The molecule has 0 saturated carbocycles. The third-order valence-electron chi connectivity index (χ3n) is 4.88. The van der Waals surface area contributed by atoms with Gasteiger partial charge in [0.1, 0.15) is 12.3 Å². The van der Waals surface area contributed by atoms with Gasteiger partial charge in [0.2, 0.25) is 5.91 Å². The fraction of sp³-hybridized carbons (Fsp3) is 0.429. The van der Waals surface area contributed by atoms with Crippen LogP contribution in [0.3, 0.4) is 0 Å². The Bertz CT molecular complexity index is 803. The summed E-state index contributed by atoms with van der Waals surface area (Å²) >= 11 is 1.71. The summed E-state index contributed by atoms with van der Waals surface area (Å²) in [6.07, 6.45) is 0. The zero-order valence-corrected chi connectivity index (χ0v) is 20.9. The molecule has 0 atom stereocenters. The van der Waals surface area contributed by atoms with Gasteiger partial charge in [-0.2, -0.15) is 0 Å². The van der Waals surface area contributed by atoms with E-state index in [-0.39, 0.29) is 36.4 Å². The zero-order valence-electron chi connectivity index (χ0n) is 17.7. The molecule has 1 aromatic heterocycles. The first kappa shape index (κ1) is 24.3. The van der Waals surface area contributed by atoms with Crippen molar-refractivity contribution in [3.63, 3.8) is 0 Å². The van der Waals surface area contributed by atoms with Crippen molar-refractivity contribution < 1.29 is 9.53 Å². The lowest BCUT2D eigenvalue weighted by molar-refractivity contribution is -0.127. The number of rotatable bonds is 6. The number of nitrogens with zero attached hydrogens (tertiary/aromatic N) is 4. The van der Waals surface area contributed by atoms with Crippen LogP contribution in [-0.2, 0) is 11.3 Å². The average molecular weight is 543 g/mol. The molecule has 1 N–H and O–H groups in total. The van der Waals surface area contributed by atoms with Crippen LogP contribution >= 0.6 is 35.3 Å². The Hall–Kier alpha value is -2.01. The quantitative estimate of drug-likeness (QED) is 0.345. The highest BCUT2D eigenvalue weighted by molar-refractivity contribution is 14.0. The predicted molar refractivity (Wildman–Crippen MR) is 134 cm³/mol. The van der Waals surface area contributed by atoms with Crippen LogP contribution in [0.1, 0.15) is 4.88 Å². The van der Waals surface area contributed by atoms with Crippen molar-refractivity contribution in [3.05, 3.63) is 46.7 Å². The summed E-state index contributed by atoms with van der Waals surface area (Å²) in [6.45, 7) is 4.35. The summed E-state index contributed by atoms with van der Waals surface area (Å²) < 4.78 is 5.24. The van der Waals surface area contributed by atoms with Crippen LogP contribution in [0.5, 0.6) is 5.75 Å². The highest BCUT2D eigenvalue weighted by atomic mass is 127. The summed E-state index contributed by atoms with van der Waals surface area (Å²) in [6, 6.07) is 12.3. The van der Waals surface area contributed by atoms with Crippen LogP contribution in [0.4, 0.5) is 5.69 Å². The van der Waals surface area contributed by atoms with Crippen molar-refractivity contribution in [2.45, 2.75) is 6.54 Å². The van der Waals surface area contributed by atoms with Crippen molar-refractivity contribution >= 4 is 52.9 Å². The van der Waals surface area contributed by atoms with Gasteiger partial charge in [-0.15, -0.1) is 35.3 Å². The van der Waals surface area contributed by atoms with Gasteiger partial charge < -0.3 is 24.8 Å². The average Bonchev–Trinajstić information content (AvgIpc) is 3.27. The van der Waals surface area contributed by atoms with Gasteiger partial charge in [-0.05, 0) is 35.7 Å². The molecule has 1 amide bonds. The standard InChI is InChI=1S/C21H29N5O2S.HI/c1-24(2)20(27)16-23-21(22-15-19-5-4-14-29-19)26-12-10-25(11-13-26)17-6-8-18(28-3)9-7-17;/h4-9,14H,10-13,15-16H2,1-3H3,(H,22,23);1H. The number of amides is 1. The Morgan fingerprint density at radius 2 is 1.87 bits per heavy atom. The summed E-state index contributed by atoms with van der Waals surface area (Å²) in [7, 11) is 5.19. The molecule has 1 aliphatic heterocycles. The van der Waals surface area contributed by atoms with Gasteiger partial charge in [0.05, 0.1) is 13.7 Å². The molecule has 7 nitrogen and oxygen atoms in total. The monoisotopic (exact) mass is 543 g/mol. The zero-order chi connectivity index (χ0) is 20.6. The first-order valence-corrected chi connectivity index (χ1v) is 10.6. The SMILES string of the molecule is COc1ccc(N2CCN(C(=NCC(=O)N(C)C)NCc3cccs3)CC2)cc1.I. The third kappa shape index (κ3) is 6.76. The molecule has 164 valence electrons. The number of aliphatic imine (C=N–C) groups is 1. The van der Waals surface area contributed by atoms with Crippen molar-refractivity contribution in [2.24, 2.45) is 4.99 Å². The molecule has 3 rings (SSSR count). The molecule has 1 saturated heterocycles. The largest absolute Gasteiger partial charge is 0.497 e. The molecular formula is C21H30IN5O2S. The van der Waals surface area contributed by atoms with Crippen LogP contribution in [-0.4, -0.2) is 75.6 Å². The van der Waals surface area contributed by atoms with Crippen LogP contribution < -0.4 is 15.0 Å². The van der Waals surface area contributed by atoms with E-state index in [1.807, 2.05) is 18.2 Å². The molecule has 1 aromatic carbocycles. The molecule has 1 fully saturated rings. The van der Waals surface area contributed by atoms with Gasteiger partial charge in [-0.1, -0.05) is 6.07 Å². The van der Waals surface area contributed by atoms with E-state index < -0.39 is 0 Å². The number of likely N-dealkylation sites (N-methyl/N-ethyl adjacent to an activating group) is 1. The molecule has 0 unspecified atom stereocenters. The van der Waals surface area contributed by atoms with Crippen LogP contribution in [0, 0.1) is 0 Å². The van der Waals surface area contributed by atoms with Gasteiger partial charge in [0.25, 0.3) is 0 Å². The van der Waals surface area contributed by atoms with Gasteiger partial charge in [0, 0.05) is 50.8 Å². The van der Waals surface area contributed by atoms with Gasteiger partial charge in [-0.25, -0.2) is 4.99 Å². The van der Waals surface area contributed by atoms with Crippen molar-refractivity contribution in [3.8, 4) is 5.75 Å². The van der Waals surface area contributed by atoms with E-state index in [0.717, 1.165) is 37.9 Å². The Balaban J connectivity index is 0.00000320. The van der Waals surface area contributed by atoms with Crippen LogP contribution in [0.2, 0.25) is 0 Å². The smallest absolute Gasteiger partial charge is 0.243 e. The number of hydrogen-bond acceptors (Lipinski definition) is 5. The number of anilines is 1. The number of methoxy groups -OCH3 is 1. The van der Waals surface area contributed by atoms with Gasteiger partial charge >= 0.3 is 0 Å². The van der Waals surface area contributed by atoms with E-state index in [2.05, 4.69) is 43.7 Å². The Morgan fingerprint density at radius 3 is 2.43 bits per heavy atom. The molecule has 2 heterocycles. The lowest BCUT2D eigenvalue weighted by Gasteiger charge is -2.37. The fourth-order valence-corrected chi connectivity index (χ4v) is 3.75. The van der Waals surface area contributed by atoms with E-state index in [1.165, 1.54) is 10.6 Å². The summed E-state index contributed by atoms with van der Waals surface area (Å²) in [4.78, 5) is 24.0. The van der Waals surface area contributed by atoms with E-state index in [1.54, 1.807) is 37.4 Å². The number of carbonyl (C=O) groups excluding carboxylic acids is 1. The Kier molecular flexibility index (Phi) is 9.70. The number of nitrogens with one attached hydrogen (secondary N) is 1. The third-order valence-corrected chi connectivity index (χ3v) is 5.76. The molecule has 0 bridgehead atoms. The fourth-order valence-electron chi connectivity index (χ4n) is 3.10. The molecule has 0 aliphatic carbocycles. The maximum absolute atomic E-state index is 12.0. The number of ether oxygens (including phenoxy) is 1. The minimum Gasteiger partial charge on any atom is -0.497 e. The van der Waals surface area contributed by atoms with Gasteiger partial charge in [0.15, 0.2) is 5.96 Å². The molecule has 0 spiro atoms. The number of benzene rings is 1. The molecule has 2 aromatic rings. The number of guanidine groups is 1. The summed E-state index contributed by atoms with van der Waals surface area (Å²) in [5, 5.41) is 5.50. The molecule has 1 aliphatic rings.